The maximum absolute atomic E-state index is 12.4. The number of para-hydroxylation sites is 2. The molecule has 0 fully saturated rings. The molecular weight excluding hydrogens is 336 g/mol. The molecule has 3 aromatic rings. The molecule has 0 aliphatic rings. The molecular formula is C19H20N2O3S. The Morgan fingerprint density at radius 3 is 2.84 bits per heavy atom. The summed E-state index contributed by atoms with van der Waals surface area (Å²) in [6.07, 6.45) is 0. The van der Waals surface area contributed by atoms with Crippen LogP contribution in [0.1, 0.15) is 11.1 Å². The quantitative estimate of drug-likeness (QED) is 0.627. The van der Waals surface area contributed by atoms with Crippen LogP contribution in [0.3, 0.4) is 0 Å². The fourth-order valence-corrected chi connectivity index (χ4v) is 3.30. The third-order valence-electron chi connectivity index (χ3n) is 3.86. The zero-order valence-corrected chi connectivity index (χ0v) is 15.3. The second-order valence-electron chi connectivity index (χ2n) is 5.80. The zero-order valence-electron chi connectivity index (χ0n) is 14.5. The van der Waals surface area contributed by atoms with E-state index in [-0.39, 0.29) is 11.7 Å². The van der Waals surface area contributed by atoms with E-state index < -0.39 is 0 Å². The van der Waals surface area contributed by atoms with Crippen LogP contribution in [0.2, 0.25) is 0 Å². The fraction of sp³-hybridized carbons (Fsp3) is 0.263. The van der Waals surface area contributed by atoms with E-state index in [0.29, 0.717) is 11.8 Å². The summed E-state index contributed by atoms with van der Waals surface area (Å²) in [4.78, 5) is 18.5. The summed E-state index contributed by atoms with van der Waals surface area (Å²) in [6.45, 7) is 2.52. The van der Waals surface area contributed by atoms with Crippen LogP contribution in [0.4, 0.5) is 0 Å². The molecule has 0 atom stereocenters. The van der Waals surface area contributed by atoms with Gasteiger partial charge in [-0.2, -0.15) is 0 Å². The number of fused-ring (bicyclic) bond motifs is 1. The average Bonchev–Trinajstić information content (AvgIpc) is 3.02. The number of aryl methyl sites for hydroxylation is 1. The monoisotopic (exact) mass is 356 g/mol. The highest BCUT2D eigenvalue weighted by molar-refractivity contribution is 7.99. The van der Waals surface area contributed by atoms with Crippen molar-refractivity contribution in [2.24, 2.45) is 0 Å². The molecule has 25 heavy (non-hydrogen) atoms. The van der Waals surface area contributed by atoms with E-state index in [0.717, 1.165) is 28.0 Å². The first-order valence-corrected chi connectivity index (χ1v) is 8.91. The minimum Gasteiger partial charge on any atom is -0.496 e. The normalized spacial score (nSPS) is 10.8. The van der Waals surface area contributed by atoms with E-state index >= 15 is 0 Å². The van der Waals surface area contributed by atoms with Gasteiger partial charge in [0.15, 0.2) is 5.58 Å². The van der Waals surface area contributed by atoms with Gasteiger partial charge in [0.05, 0.1) is 12.9 Å². The molecule has 3 rings (SSSR count). The Morgan fingerprint density at radius 2 is 2.08 bits per heavy atom. The number of hydrogen-bond acceptors (Lipinski definition) is 5. The first-order chi connectivity index (χ1) is 12.1. The average molecular weight is 356 g/mol. The molecule has 0 unspecified atom stereocenters. The number of oxazole rings is 1. The first kappa shape index (κ1) is 17.4. The van der Waals surface area contributed by atoms with Crippen molar-refractivity contribution < 1.29 is 13.9 Å². The van der Waals surface area contributed by atoms with Crippen molar-refractivity contribution in [3.05, 3.63) is 53.6 Å². The van der Waals surface area contributed by atoms with E-state index in [4.69, 9.17) is 9.15 Å². The smallest absolute Gasteiger partial charge is 0.257 e. The molecule has 6 heteroatoms. The van der Waals surface area contributed by atoms with E-state index in [9.17, 15) is 4.79 Å². The van der Waals surface area contributed by atoms with Crippen LogP contribution in [-0.2, 0) is 11.3 Å². The summed E-state index contributed by atoms with van der Waals surface area (Å²) in [7, 11) is 3.43. The zero-order chi connectivity index (χ0) is 17.8. The molecule has 1 aromatic heterocycles. The standard InChI is InChI=1S/C19H20N2O3S/c1-13-8-9-16(23-3)14(10-13)11-21(2)18(22)12-25-19-20-15-6-4-5-7-17(15)24-19/h4-10H,11-12H2,1-3H3. The lowest BCUT2D eigenvalue weighted by atomic mass is 10.1. The third-order valence-corrected chi connectivity index (χ3v) is 4.68. The van der Waals surface area contributed by atoms with Crippen LogP contribution < -0.4 is 4.74 Å². The van der Waals surface area contributed by atoms with E-state index in [2.05, 4.69) is 4.98 Å². The van der Waals surface area contributed by atoms with Crippen LogP contribution in [0.25, 0.3) is 11.1 Å². The van der Waals surface area contributed by atoms with Gasteiger partial charge in [-0.15, -0.1) is 0 Å². The Bertz CT molecular complexity index is 858. The number of rotatable bonds is 6. The number of aromatic nitrogens is 1. The fourth-order valence-electron chi connectivity index (χ4n) is 2.52. The second kappa shape index (κ2) is 7.61. The number of amides is 1. The van der Waals surface area contributed by atoms with E-state index in [1.807, 2.05) is 49.4 Å². The maximum Gasteiger partial charge on any atom is 0.257 e. The van der Waals surface area contributed by atoms with Gasteiger partial charge >= 0.3 is 0 Å². The number of benzene rings is 2. The van der Waals surface area contributed by atoms with Gasteiger partial charge in [-0.1, -0.05) is 41.6 Å². The predicted molar refractivity (Wildman–Crippen MR) is 98.9 cm³/mol. The van der Waals surface area contributed by atoms with Crippen molar-refractivity contribution in [1.82, 2.24) is 9.88 Å². The van der Waals surface area contributed by atoms with Crippen molar-refractivity contribution in [3.63, 3.8) is 0 Å². The lowest BCUT2D eigenvalue weighted by Crippen LogP contribution is -2.28. The maximum atomic E-state index is 12.4. The molecule has 1 amide bonds. The number of thioether (sulfide) groups is 1. The van der Waals surface area contributed by atoms with Crippen LogP contribution in [0.15, 0.2) is 52.1 Å². The molecule has 0 aliphatic carbocycles. The topological polar surface area (TPSA) is 55.6 Å². The highest BCUT2D eigenvalue weighted by Gasteiger charge is 2.14. The molecule has 0 saturated carbocycles. The van der Waals surface area contributed by atoms with Crippen LogP contribution in [0.5, 0.6) is 5.75 Å². The lowest BCUT2D eigenvalue weighted by molar-refractivity contribution is -0.127. The SMILES string of the molecule is COc1ccc(C)cc1CN(C)C(=O)CSc1nc2ccccc2o1. The predicted octanol–water partition coefficient (Wildman–Crippen LogP) is 3.90. The molecule has 1 heterocycles. The summed E-state index contributed by atoms with van der Waals surface area (Å²) >= 11 is 1.31. The summed E-state index contributed by atoms with van der Waals surface area (Å²) in [5.74, 6) is 1.07. The molecule has 0 N–H and O–H groups in total. The minimum atomic E-state index is 0.0100. The van der Waals surface area contributed by atoms with Gasteiger partial charge in [-0.3, -0.25) is 4.79 Å². The van der Waals surface area contributed by atoms with Crippen molar-refractivity contribution in [2.45, 2.75) is 18.7 Å². The molecule has 0 bridgehead atoms. The van der Waals surface area contributed by atoms with Gasteiger partial charge in [0.1, 0.15) is 11.3 Å². The van der Waals surface area contributed by atoms with Crippen LogP contribution in [-0.4, -0.2) is 35.7 Å². The van der Waals surface area contributed by atoms with Gasteiger partial charge in [0.2, 0.25) is 5.91 Å². The lowest BCUT2D eigenvalue weighted by Gasteiger charge is -2.18. The Morgan fingerprint density at radius 1 is 1.28 bits per heavy atom. The molecule has 0 saturated heterocycles. The van der Waals surface area contributed by atoms with Gasteiger partial charge in [0, 0.05) is 19.2 Å². The van der Waals surface area contributed by atoms with Gasteiger partial charge in [-0.05, 0) is 25.1 Å². The Hall–Kier alpha value is -2.47. The van der Waals surface area contributed by atoms with E-state index in [1.165, 1.54) is 11.8 Å². The van der Waals surface area contributed by atoms with Gasteiger partial charge in [-0.25, -0.2) is 4.98 Å². The third kappa shape index (κ3) is 4.14. The molecule has 2 aromatic carbocycles. The van der Waals surface area contributed by atoms with Gasteiger partial charge in [0.25, 0.3) is 5.22 Å². The summed E-state index contributed by atoms with van der Waals surface area (Å²) in [6, 6.07) is 13.5. The first-order valence-electron chi connectivity index (χ1n) is 7.92. The van der Waals surface area contributed by atoms with Crippen LogP contribution >= 0.6 is 11.8 Å². The Kier molecular flexibility index (Phi) is 5.28. The Balaban J connectivity index is 1.62. The number of nitrogens with zero attached hydrogens (tertiary/aromatic N) is 2. The highest BCUT2D eigenvalue weighted by Crippen LogP contribution is 2.24. The van der Waals surface area contributed by atoms with Gasteiger partial charge < -0.3 is 14.1 Å². The summed E-state index contributed by atoms with van der Waals surface area (Å²) < 4.78 is 11.0. The number of methoxy groups -OCH3 is 1. The number of ether oxygens (including phenoxy) is 1. The highest BCUT2D eigenvalue weighted by atomic mass is 32.2. The number of hydrogen-bond donors (Lipinski definition) is 0. The second-order valence-corrected chi connectivity index (χ2v) is 6.73. The van der Waals surface area contributed by atoms with E-state index in [1.54, 1.807) is 19.1 Å². The number of carbonyl (C=O) groups is 1. The molecule has 0 radical (unpaired) electrons. The van der Waals surface area contributed by atoms with Crippen LogP contribution in [0, 0.1) is 6.92 Å². The molecule has 5 nitrogen and oxygen atoms in total. The molecule has 0 spiro atoms. The minimum absolute atomic E-state index is 0.0100. The molecule has 130 valence electrons. The van der Waals surface area contributed by atoms with Crippen molar-refractivity contribution in [3.8, 4) is 5.75 Å². The largest absolute Gasteiger partial charge is 0.496 e. The van der Waals surface area contributed by atoms with Crippen molar-refractivity contribution >= 4 is 28.8 Å². The molecule has 0 aliphatic heterocycles. The van der Waals surface area contributed by atoms with Crippen molar-refractivity contribution in [1.29, 1.82) is 0 Å². The summed E-state index contributed by atoms with van der Waals surface area (Å²) in [5.41, 5.74) is 3.66. The summed E-state index contributed by atoms with van der Waals surface area (Å²) in [5, 5.41) is 0.510. The number of carbonyl (C=O) groups excluding carboxylic acids is 1. The van der Waals surface area contributed by atoms with Crippen molar-refractivity contribution in [2.75, 3.05) is 19.9 Å². The Labute approximate surface area is 151 Å².